The second-order valence-electron chi connectivity index (χ2n) is 10.9. The Morgan fingerprint density at radius 1 is 1.02 bits per heavy atom. The van der Waals surface area contributed by atoms with Gasteiger partial charge in [-0.25, -0.2) is 9.59 Å². The average molecular weight is 700 g/mol. The summed E-state index contributed by atoms with van der Waals surface area (Å²) in [6.07, 6.45) is -15.4. The van der Waals surface area contributed by atoms with E-state index in [1.165, 1.54) is 16.8 Å². The SMILES string of the molecule is CC[C@@H]1C[C@H](N(Cc2cc(C(F)(F)F)cc(C(F)(F)F)c2)c2nnn(C)n2)c2nc(C)ccc2N1C(=O)OC(C)C.O=C(O)C(F)(F)F. The number of hydrogen-bond donors (Lipinski definition) is 1. The van der Waals surface area contributed by atoms with Gasteiger partial charge in [-0.1, -0.05) is 12.0 Å². The number of amides is 1. The number of fused-ring (bicyclic) bond motifs is 1. The van der Waals surface area contributed by atoms with Crippen molar-refractivity contribution in [2.45, 2.75) is 83.8 Å². The number of halogens is 9. The monoisotopic (exact) mass is 699 g/mol. The van der Waals surface area contributed by atoms with Gasteiger partial charge in [-0.05, 0) is 74.7 Å². The van der Waals surface area contributed by atoms with E-state index in [4.69, 9.17) is 14.6 Å². The van der Waals surface area contributed by atoms with Crippen molar-refractivity contribution in [3.63, 3.8) is 0 Å². The zero-order valence-electron chi connectivity index (χ0n) is 25.9. The van der Waals surface area contributed by atoms with E-state index in [9.17, 15) is 44.3 Å². The molecule has 0 spiro atoms. The van der Waals surface area contributed by atoms with Crippen LogP contribution in [-0.4, -0.2) is 60.7 Å². The molecule has 0 bridgehead atoms. The Hall–Kier alpha value is -4.65. The number of nitrogens with zero attached hydrogens (tertiary/aromatic N) is 7. The van der Waals surface area contributed by atoms with E-state index in [-0.39, 0.29) is 24.0 Å². The van der Waals surface area contributed by atoms with Crippen molar-refractivity contribution in [1.29, 1.82) is 0 Å². The molecule has 0 saturated carbocycles. The van der Waals surface area contributed by atoms with Crippen LogP contribution in [0, 0.1) is 6.92 Å². The molecule has 2 aromatic heterocycles. The highest BCUT2D eigenvalue weighted by Crippen LogP contribution is 2.43. The minimum Gasteiger partial charge on any atom is -0.475 e. The molecule has 1 aliphatic heterocycles. The Labute approximate surface area is 267 Å². The molecule has 0 unspecified atom stereocenters. The standard InChI is InChI=1S/C26H29F6N7O2.C2HF3O2/c1-6-19-12-21(22-20(8-7-15(4)33-22)39(19)24(40)41-14(2)3)38(23-34-36-37(5)35-23)13-16-9-17(25(27,28)29)11-18(10-16)26(30,31)32;3-2(4,5)1(6)7/h7-11,14,19,21H,6,12-13H2,1-5H3;(H,6,7)/t19-,21+;/m1./s1. The molecule has 264 valence electrons. The molecule has 1 aromatic carbocycles. The van der Waals surface area contributed by atoms with Crippen LogP contribution in [0.3, 0.4) is 0 Å². The van der Waals surface area contributed by atoms with E-state index in [1.54, 1.807) is 32.9 Å². The second-order valence-corrected chi connectivity index (χ2v) is 10.9. The number of carboxylic acid groups (broad SMARTS) is 1. The van der Waals surface area contributed by atoms with Gasteiger partial charge in [0, 0.05) is 18.3 Å². The minimum atomic E-state index is -5.08. The smallest absolute Gasteiger partial charge is 0.475 e. The lowest BCUT2D eigenvalue weighted by molar-refractivity contribution is -0.192. The maximum atomic E-state index is 13.6. The van der Waals surface area contributed by atoms with Gasteiger partial charge in [0.05, 0.1) is 41.7 Å². The molecule has 0 fully saturated rings. The van der Waals surface area contributed by atoms with Crippen LogP contribution in [0.1, 0.15) is 67.7 Å². The van der Waals surface area contributed by atoms with Crippen LogP contribution in [0.2, 0.25) is 0 Å². The first kappa shape index (κ1) is 37.8. The molecule has 20 heteroatoms. The molecule has 0 radical (unpaired) electrons. The van der Waals surface area contributed by atoms with Crippen LogP contribution in [0.5, 0.6) is 0 Å². The Kier molecular flexibility index (Phi) is 11.2. The molecule has 48 heavy (non-hydrogen) atoms. The number of alkyl halides is 9. The fourth-order valence-corrected chi connectivity index (χ4v) is 4.84. The number of carbonyl (C=O) groups excluding carboxylic acids is 1. The number of tetrazole rings is 1. The predicted molar refractivity (Wildman–Crippen MR) is 150 cm³/mol. The van der Waals surface area contributed by atoms with Crippen LogP contribution in [-0.2, 0) is 35.5 Å². The number of aliphatic carboxylic acids is 1. The molecule has 3 heterocycles. The molecule has 2 atom stereocenters. The summed E-state index contributed by atoms with van der Waals surface area (Å²) < 4.78 is 119. The van der Waals surface area contributed by atoms with Crippen molar-refractivity contribution in [3.8, 4) is 0 Å². The van der Waals surface area contributed by atoms with Crippen LogP contribution >= 0.6 is 0 Å². The summed E-state index contributed by atoms with van der Waals surface area (Å²) >= 11 is 0. The van der Waals surface area contributed by atoms with Gasteiger partial charge in [-0.3, -0.25) is 9.88 Å². The number of benzene rings is 1. The molecule has 1 amide bonds. The van der Waals surface area contributed by atoms with Crippen molar-refractivity contribution in [1.82, 2.24) is 25.2 Å². The van der Waals surface area contributed by atoms with Crippen LogP contribution < -0.4 is 9.80 Å². The Balaban J connectivity index is 0.000000804. The van der Waals surface area contributed by atoms with Crippen molar-refractivity contribution in [2.24, 2.45) is 7.05 Å². The third kappa shape index (κ3) is 9.24. The van der Waals surface area contributed by atoms with E-state index in [0.717, 1.165) is 4.80 Å². The van der Waals surface area contributed by atoms with E-state index in [1.807, 2.05) is 6.92 Å². The normalized spacial score (nSPS) is 16.6. The third-order valence-electron chi connectivity index (χ3n) is 6.86. The summed E-state index contributed by atoms with van der Waals surface area (Å²) in [5.74, 6) is -2.78. The first-order valence-electron chi connectivity index (χ1n) is 14.1. The van der Waals surface area contributed by atoms with Gasteiger partial charge in [-0.2, -0.15) is 44.3 Å². The van der Waals surface area contributed by atoms with Crippen LogP contribution in [0.25, 0.3) is 0 Å². The first-order valence-corrected chi connectivity index (χ1v) is 14.1. The predicted octanol–water partition coefficient (Wildman–Crippen LogP) is 6.87. The van der Waals surface area contributed by atoms with Gasteiger partial charge in [0.1, 0.15) is 0 Å². The minimum absolute atomic E-state index is 0.0224. The van der Waals surface area contributed by atoms with Crippen molar-refractivity contribution in [2.75, 3.05) is 9.80 Å². The van der Waals surface area contributed by atoms with Crippen LogP contribution in [0.15, 0.2) is 30.3 Å². The number of hydrogen-bond acceptors (Lipinski definition) is 8. The molecule has 0 saturated heterocycles. The van der Waals surface area contributed by atoms with Gasteiger partial charge in [0.25, 0.3) is 5.95 Å². The van der Waals surface area contributed by atoms with E-state index in [0.29, 0.717) is 35.6 Å². The Morgan fingerprint density at radius 2 is 1.58 bits per heavy atom. The van der Waals surface area contributed by atoms with E-state index < -0.39 is 66.5 Å². The summed E-state index contributed by atoms with van der Waals surface area (Å²) in [5, 5.41) is 19.2. The number of anilines is 2. The first-order chi connectivity index (χ1) is 22.0. The number of aromatic nitrogens is 5. The quantitative estimate of drug-likeness (QED) is 0.275. The highest BCUT2D eigenvalue weighted by molar-refractivity contribution is 5.90. The Bertz CT molecular complexity index is 1570. The Morgan fingerprint density at radius 3 is 2.02 bits per heavy atom. The largest absolute Gasteiger partial charge is 0.490 e. The number of carboxylic acids is 1. The molecular weight excluding hydrogens is 669 g/mol. The lowest BCUT2D eigenvalue weighted by Crippen LogP contribution is -2.48. The van der Waals surface area contributed by atoms with Crippen molar-refractivity contribution >= 4 is 23.7 Å². The summed E-state index contributed by atoms with van der Waals surface area (Å²) in [7, 11) is 1.48. The zero-order valence-corrected chi connectivity index (χ0v) is 25.9. The lowest BCUT2D eigenvalue weighted by atomic mass is 9.91. The highest BCUT2D eigenvalue weighted by Gasteiger charge is 2.42. The van der Waals surface area contributed by atoms with E-state index in [2.05, 4.69) is 20.4 Å². The number of rotatable bonds is 6. The average Bonchev–Trinajstić information content (AvgIpc) is 3.39. The van der Waals surface area contributed by atoms with Gasteiger partial charge >= 0.3 is 30.6 Å². The second kappa shape index (κ2) is 14.2. The van der Waals surface area contributed by atoms with Crippen molar-refractivity contribution in [3.05, 3.63) is 58.4 Å². The zero-order chi connectivity index (χ0) is 36.4. The van der Waals surface area contributed by atoms with E-state index >= 15 is 0 Å². The fourth-order valence-electron chi connectivity index (χ4n) is 4.84. The fraction of sp³-hybridized carbons (Fsp3) is 0.500. The summed E-state index contributed by atoms with van der Waals surface area (Å²) in [6.45, 7) is 6.59. The van der Waals surface area contributed by atoms with Gasteiger partial charge < -0.3 is 14.7 Å². The summed E-state index contributed by atoms with van der Waals surface area (Å²) in [4.78, 5) is 30.8. The number of aryl methyl sites for hydroxylation is 2. The van der Waals surface area contributed by atoms with Gasteiger partial charge in [-0.15, -0.1) is 5.10 Å². The molecule has 3 aromatic rings. The molecular formula is C28H30F9N7O4. The highest BCUT2D eigenvalue weighted by atomic mass is 19.4. The maximum absolute atomic E-state index is 13.6. The lowest BCUT2D eigenvalue weighted by Gasteiger charge is -2.43. The molecule has 4 rings (SSSR count). The summed E-state index contributed by atoms with van der Waals surface area (Å²) in [6, 6.07) is 3.67. The molecule has 1 aliphatic rings. The van der Waals surface area contributed by atoms with Gasteiger partial charge in [0.2, 0.25) is 0 Å². The number of pyridine rings is 1. The topological polar surface area (TPSA) is 127 Å². The molecule has 0 aliphatic carbocycles. The third-order valence-corrected chi connectivity index (χ3v) is 6.86. The summed E-state index contributed by atoms with van der Waals surface area (Å²) in [5.41, 5.74) is -1.73. The van der Waals surface area contributed by atoms with Crippen LogP contribution in [0.4, 0.5) is 55.9 Å². The number of ether oxygens (including phenoxy) is 1. The maximum Gasteiger partial charge on any atom is 0.490 e. The van der Waals surface area contributed by atoms with Crippen molar-refractivity contribution < 1.29 is 58.9 Å². The van der Waals surface area contributed by atoms with Gasteiger partial charge in [0.15, 0.2) is 0 Å². The number of carbonyl (C=O) groups is 2. The molecule has 1 N–H and O–H groups in total. The molecule has 11 nitrogen and oxygen atoms in total.